The van der Waals surface area contributed by atoms with Crippen LogP contribution < -0.4 is 5.06 Å². The van der Waals surface area contributed by atoms with Crippen LogP contribution in [0.1, 0.15) is 22.1 Å². The summed E-state index contributed by atoms with van der Waals surface area (Å²) in [5, 5.41) is 19.0. The van der Waals surface area contributed by atoms with E-state index in [1.807, 2.05) is 35.7 Å². The lowest BCUT2D eigenvalue weighted by molar-refractivity contribution is 0.213. The molecule has 1 unspecified atom stereocenters. The van der Waals surface area contributed by atoms with Crippen LogP contribution in [0.3, 0.4) is 0 Å². The minimum absolute atomic E-state index is 0.491. The second kappa shape index (κ2) is 8.07. The van der Waals surface area contributed by atoms with Gasteiger partial charge in [-0.25, -0.2) is 4.98 Å². The van der Waals surface area contributed by atoms with E-state index in [0.717, 1.165) is 0 Å². The SMILES string of the molecule is c1ccc(C2=C(c3cnccn3)C(c3cccnn3)(c3nccs3)N(c3csnn3)O2)nc1. The highest BCUT2D eigenvalue weighted by Crippen LogP contribution is 2.55. The Morgan fingerprint density at radius 3 is 2.55 bits per heavy atom. The summed E-state index contributed by atoms with van der Waals surface area (Å²) in [6.45, 7) is 0. The van der Waals surface area contributed by atoms with Crippen molar-refractivity contribution in [2.45, 2.75) is 5.54 Å². The van der Waals surface area contributed by atoms with Crippen LogP contribution in [0.25, 0.3) is 11.3 Å². The molecule has 0 spiro atoms. The Morgan fingerprint density at radius 2 is 1.85 bits per heavy atom. The van der Waals surface area contributed by atoms with Crippen molar-refractivity contribution in [3.05, 3.63) is 100 Å². The zero-order valence-electron chi connectivity index (χ0n) is 16.8. The molecule has 1 aliphatic rings. The first-order valence-electron chi connectivity index (χ1n) is 9.75. The number of hydroxylamine groups is 1. The Balaban J connectivity index is 1.76. The summed E-state index contributed by atoms with van der Waals surface area (Å²) in [5.74, 6) is 0.984. The second-order valence-electron chi connectivity index (χ2n) is 6.82. The molecule has 5 aromatic rings. The van der Waals surface area contributed by atoms with E-state index in [1.54, 1.807) is 47.6 Å². The molecule has 6 rings (SSSR count). The molecule has 0 fully saturated rings. The summed E-state index contributed by atoms with van der Waals surface area (Å²) >= 11 is 2.68. The van der Waals surface area contributed by atoms with Crippen LogP contribution >= 0.6 is 22.9 Å². The number of rotatable bonds is 5. The lowest BCUT2D eigenvalue weighted by atomic mass is 9.83. The predicted octanol–water partition coefficient (Wildman–Crippen LogP) is 3.23. The fourth-order valence-electron chi connectivity index (χ4n) is 3.77. The molecule has 5 aromatic heterocycles. The van der Waals surface area contributed by atoms with E-state index in [0.29, 0.717) is 39.2 Å². The molecular formula is C21H13N9OS2. The van der Waals surface area contributed by atoms with Gasteiger partial charge < -0.3 is 4.84 Å². The van der Waals surface area contributed by atoms with Crippen molar-refractivity contribution >= 4 is 40.0 Å². The number of pyridine rings is 1. The molecule has 10 nitrogen and oxygen atoms in total. The molecule has 0 saturated heterocycles. The molecule has 6 heterocycles. The summed E-state index contributed by atoms with van der Waals surface area (Å²) < 4.78 is 4.06. The second-order valence-corrected chi connectivity index (χ2v) is 8.32. The first-order chi connectivity index (χ1) is 16.4. The van der Waals surface area contributed by atoms with Gasteiger partial charge in [0.1, 0.15) is 16.4 Å². The van der Waals surface area contributed by atoms with Gasteiger partial charge in [0, 0.05) is 36.4 Å². The topological polar surface area (TPSA) is 116 Å². The molecular weight excluding hydrogens is 458 g/mol. The first kappa shape index (κ1) is 19.5. The van der Waals surface area contributed by atoms with Crippen LogP contribution in [-0.4, -0.2) is 39.7 Å². The van der Waals surface area contributed by atoms with Crippen molar-refractivity contribution in [2.75, 3.05) is 5.06 Å². The van der Waals surface area contributed by atoms with Crippen LogP contribution in [0.5, 0.6) is 0 Å². The smallest absolute Gasteiger partial charge is 0.205 e. The highest BCUT2D eigenvalue weighted by molar-refractivity contribution is 7.09. The lowest BCUT2D eigenvalue weighted by Crippen LogP contribution is -2.45. The average molecular weight is 472 g/mol. The van der Waals surface area contributed by atoms with Crippen LogP contribution in [0.2, 0.25) is 0 Å². The molecule has 1 atom stereocenters. The molecule has 0 amide bonds. The number of nitrogens with zero attached hydrogens (tertiary/aromatic N) is 9. The van der Waals surface area contributed by atoms with Gasteiger partial charge in [-0.2, -0.15) is 15.3 Å². The van der Waals surface area contributed by atoms with Crippen LogP contribution in [0.4, 0.5) is 5.82 Å². The Bertz CT molecular complexity index is 1380. The van der Waals surface area contributed by atoms with Crippen molar-refractivity contribution in [2.24, 2.45) is 0 Å². The third-order valence-electron chi connectivity index (χ3n) is 5.03. The predicted molar refractivity (Wildman–Crippen MR) is 121 cm³/mol. The summed E-state index contributed by atoms with van der Waals surface area (Å²) in [5.41, 5.74) is 1.30. The Morgan fingerprint density at radius 1 is 0.879 bits per heavy atom. The van der Waals surface area contributed by atoms with Crippen molar-refractivity contribution < 1.29 is 4.84 Å². The van der Waals surface area contributed by atoms with E-state index in [1.165, 1.54) is 22.9 Å². The molecule has 160 valence electrons. The minimum atomic E-state index is -1.17. The summed E-state index contributed by atoms with van der Waals surface area (Å²) in [6, 6.07) is 9.32. The van der Waals surface area contributed by atoms with E-state index >= 15 is 0 Å². The van der Waals surface area contributed by atoms with E-state index in [9.17, 15) is 0 Å². The summed E-state index contributed by atoms with van der Waals surface area (Å²) in [4.78, 5) is 24.7. The van der Waals surface area contributed by atoms with E-state index < -0.39 is 5.54 Å². The van der Waals surface area contributed by atoms with Gasteiger partial charge in [-0.05, 0) is 35.8 Å². The molecule has 1 aliphatic heterocycles. The number of thiazole rings is 1. The van der Waals surface area contributed by atoms with Gasteiger partial charge in [-0.15, -0.1) is 16.4 Å². The summed E-state index contributed by atoms with van der Waals surface area (Å²) in [6.07, 6.45) is 10.0. The number of anilines is 1. The van der Waals surface area contributed by atoms with Gasteiger partial charge in [-0.3, -0.25) is 15.0 Å². The van der Waals surface area contributed by atoms with E-state index in [-0.39, 0.29) is 0 Å². The highest BCUT2D eigenvalue weighted by atomic mass is 32.1. The van der Waals surface area contributed by atoms with Crippen LogP contribution in [-0.2, 0) is 10.4 Å². The van der Waals surface area contributed by atoms with Crippen molar-refractivity contribution in [1.82, 2.24) is 39.7 Å². The Kier molecular flexibility index (Phi) is 4.78. The molecule has 0 radical (unpaired) electrons. The third-order valence-corrected chi connectivity index (χ3v) is 6.41. The maximum Gasteiger partial charge on any atom is 0.205 e. The average Bonchev–Trinajstić information content (AvgIpc) is 3.66. The van der Waals surface area contributed by atoms with Gasteiger partial charge in [0.25, 0.3) is 0 Å². The molecule has 0 saturated carbocycles. The monoisotopic (exact) mass is 471 g/mol. The Labute approximate surface area is 195 Å². The van der Waals surface area contributed by atoms with Crippen LogP contribution in [0.15, 0.2) is 78.3 Å². The van der Waals surface area contributed by atoms with Gasteiger partial charge in [0.15, 0.2) is 11.6 Å². The fraction of sp³-hybridized carbons (Fsp3) is 0.0476. The maximum absolute atomic E-state index is 6.54. The molecule has 0 bridgehead atoms. The molecule has 0 aromatic carbocycles. The lowest BCUT2D eigenvalue weighted by Gasteiger charge is -2.34. The van der Waals surface area contributed by atoms with E-state index in [2.05, 4.69) is 34.7 Å². The van der Waals surface area contributed by atoms with Crippen molar-refractivity contribution in [3.63, 3.8) is 0 Å². The number of hydrogen-bond donors (Lipinski definition) is 0. The normalized spacial score (nSPS) is 17.9. The van der Waals surface area contributed by atoms with Gasteiger partial charge in [0.05, 0.1) is 22.8 Å². The zero-order valence-corrected chi connectivity index (χ0v) is 18.4. The summed E-state index contributed by atoms with van der Waals surface area (Å²) in [7, 11) is 0. The number of hydrogen-bond acceptors (Lipinski definition) is 12. The van der Waals surface area contributed by atoms with Gasteiger partial charge in [-0.1, -0.05) is 10.6 Å². The third kappa shape index (κ3) is 3.07. The molecule has 0 aliphatic carbocycles. The Hall–Kier alpha value is -4.16. The molecule has 33 heavy (non-hydrogen) atoms. The fourth-order valence-corrected chi connectivity index (χ4v) is 5.02. The van der Waals surface area contributed by atoms with E-state index in [4.69, 9.17) is 9.82 Å². The van der Waals surface area contributed by atoms with Gasteiger partial charge in [0.2, 0.25) is 5.54 Å². The standard InChI is InChI=1S/C21H13N9OS2/c1-2-6-23-14(4-1)19-18(15-12-22-8-9-24-15)21(20-25-10-11-32-20,16-5-3-7-26-27-16)30(31-19)17-13-33-29-28-17/h1-13H. The number of aromatic nitrogens is 8. The van der Waals surface area contributed by atoms with Crippen molar-refractivity contribution in [3.8, 4) is 0 Å². The molecule has 0 N–H and O–H groups in total. The maximum atomic E-state index is 6.54. The highest BCUT2D eigenvalue weighted by Gasteiger charge is 2.58. The van der Waals surface area contributed by atoms with Crippen LogP contribution in [0, 0.1) is 0 Å². The van der Waals surface area contributed by atoms with Gasteiger partial charge >= 0.3 is 0 Å². The zero-order chi connectivity index (χ0) is 22.1. The van der Waals surface area contributed by atoms with Crippen molar-refractivity contribution in [1.29, 1.82) is 0 Å². The largest absolute Gasteiger partial charge is 0.373 e. The minimum Gasteiger partial charge on any atom is -0.373 e. The first-order valence-corrected chi connectivity index (χ1v) is 11.5. The molecule has 12 heteroatoms. The quantitative estimate of drug-likeness (QED) is 0.378.